The first kappa shape index (κ1) is 14.5. The van der Waals surface area contributed by atoms with Crippen LogP contribution in [0.15, 0.2) is 10.5 Å². The summed E-state index contributed by atoms with van der Waals surface area (Å²) in [5.41, 5.74) is -0.408. The lowest BCUT2D eigenvalue weighted by molar-refractivity contribution is -0.125. The topological polar surface area (TPSA) is 58.2 Å². The molecule has 0 aromatic carbocycles. The Kier molecular flexibility index (Phi) is 4.01. The Morgan fingerprint density at radius 2 is 2.26 bits per heavy atom. The van der Waals surface area contributed by atoms with Crippen molar-refractivity contribution in [3.63, 3.8) is 0 Å². The zero-order valence-electron chi connectivity index (χ0n) is 11.2. The van der Waals surface area contributed by atoms with Gasteiger partial charge in [-0.25, -0.2) is 0 Å². The zero-order valence-corrected chi connectivity index (χ0v) is 13.6. The molecule has 1 atom stereocenters. The predicted molar refractivity (Wildman–Crippen MR) is 79.5 cm³/mol. The highest BCUT2D eigenvalue weighted by Gasteiger charge is 2.36. The summed E-state index contributed by atoms with van der Waals surface area (Å²) in [6.45, 7) is 5.84. The third-order valence-corrected chi connectivity index (χ3v) is 5.51. The Bertz CT molecular complexity index is 505. The van der Waals surface area contributed by atoms with E-state index in [1.54, 1.807) is 0 Å². The number of hydrogen-bond donors (Lipinski definition) is 2. The number of thiophene rings is 1. The van der Waals surface area contributed by atoms with E-state index in [0.717, 1.165) is 9.35 Å². The fourth-order valence-corrected chi connectivity index (χ4v) is 3.64. The Balaban J connectivity index is 2.08. The number of carbonyl (C=O) groups excluding carboxylic acids is 2. The number of amides is 2. The molecular formula is C13H17BrN2O2S. The second-order valence-corrected chi connectivity index (χ2v) is 7.46. The van der Waals surface area contributed by atoms with E-state index in [-0.39, 0.29) is 17.9 Å². The molecule has 2 amide bonds. The van der Waals surface area contributed by atoms with Gasteiger partial charge in [0.15, 0.2) is 0 Å². The molecule has 0 bridgehead atoms. The second kappa shape index (κ2) is 5.25. The minimum Gasteiger partial charge on any atom is -0.349 e. The van der Waals surface area contributed by atoms with Crippen molar-refractivity contribution in [3.8, 4) is 0 Å². The van der Waals surface area contributed by atoms with Gasteiger partial charge in [0.05, 0.1) is 16.5 Å². The van der Waals surface area contributed by atoms with Gasteiger partial charge in [0.25, 0.3) is 5.91 Å². The summed E-state index contributed by atoms with van der Waals surface area (Å²) in [6, 6.07) is 1.79. The fourth-order valence-electron chi connectivity index (χ4n) is 2.20. The zero-order chi connectivity index (χ0) is 14.2. The van der Waals surface area contributed by atoms with Gasteiger partial charge in [-0.1, -0.05) is 0 Å². The van der Waals surface area contributed by atoms with Gasteiger partial charge >= 0.3 is 0 Å². The highest BCUT2D eigenvalue weighted by atomic mass is 79.9. The van der Waals surface area contributed by atoms with Crippen LogP contribution in [0.25, 0.3) is 0 Å². The molecule has 104 valence electrons. The Labute approximate surface area is 125 Å². The van der Waals surface area contributed by atoms with E-state index in [1.807, 2.05) is 26.8 Å². The molecule has 1 aromatic rings. The highest BCUT2D eigenvalue weighted by molar-refractivity contribution is 9.10. The summed E-state index contributed by atoms with van der Waals surface area (Å²) in [5.74, 6) is -0.0294. The molecule has 1 aromatic heterocycles. The Hall–Kier alpha value is -0.880. The first-order valence-corrected chi connectivity index (χ1v) is 7.78. The minimum atomic E-state index is -0.408. The van der Waals surface area contributed by atoms with Crippen LogP contribution in [0.4, 0.5) is 0 Å². The molecule has 1 fully saturated rings. The van der Waals surface area contributed by atoms with E-state index in [2.05, 4.69) is 26.6 Å². The first-order chi connectivity index (χ1) is 8.79. The lowest BCUT2D eigenvalue weighted by Gasteiger charge is -2.39. The third-order valence-electron chi connectivity index (χ3n) is 3.38. The standard InChI is InChI=1S/C13H17BrN2O2S/c1-7-8(14)6-9(19-7)12(18)15-10-4-5-11(17)16-13(10,2)3/h6,10H,4-5H2,1-3H3,(H,15,18)(H,16,17). The number of hydrogen-bond acceptors (Lipinski definition) is 3. The third kappa shape index (κ3) is 3.17. The van der Waals surface area contributed by atoms with E-state index in [0.29, 0.717) is 17.7 Å². The summed E-state index contributed by atoms with van der Waals surface area (Å²) in [7, 11) is 0. The van der Waals surface area contributed by atoms with Crippen LogP contribution in [-0.2, 0) is 4.79 Å². The quantitative estimate of drug-likeness (QED) is 0.866. The SMILES string of the molecule is Cc1sc(C(=O)NC2CCC(=O)NC2(C)C)cc1Br. The van der Waals surface area contributed by atoms with Crippen LogP contribution in [0.3, 0.4) is 0 Å². The van der Waals surface area contributed by atoms with E-state index < -0.39 is 5.54 Å². The fraction of sp³-hybridized carbons (Fsp3) is 0.538. The van der Waals surface area contributed by atoms with Crippen LogP contribution in [0.1, 0.15) is 41.2 Å². The average molecular weight is 345 g/mol. The highest BCUT2D eigenvalue weighted by Crippen LogP contribution is 2.27. The lowest BCUT2D eigenvalue weighted by Crippen LogP contribution is -2.62. The molecule has 2 N–H and O–H groups in total. The molecule has 19 heavy (non-hydrogen) atoms. The van der Waals surface area contributed by atoms with E-state index in [9.17, 15) is 9.59 Å². The van der Waals surface area contributed by atoms with Crippen LogP contribution in [-0.4, -0.2) is 23.4 Å². The molecule has 2 rings (SSSR count). The average Bonchev–Trinajstić information content (AvgIpc) is 2.62. The summed E-state index contributed by atoms with van der Waals surface area (Å²) >= 11 is 4.88. The molecule has 1 saturated heterocycles. The van der Waals surface area contributed by atoms with Crippen molar-refractivity contribution in [3.05, 3.63) is 20.3 Å². The first-order valence-electron chi connectivity index (χ1n) is 6.17. The lowest BCUT2D eigenvalue weighted by atomic mass is 9.87. The van der Waals surface area contributed by atoms with Gasteiger partial charge in [-0.15, -0.1) is 11.3 Å². The minimum absolute atomic E-state index is 0.0427. The molecule has 6 heteroatoms. The van der Waals surface area contributed by atoms with Gasteiger partial charge < -0.3 is 10.6 Å². The number of rotatable bonds is 2. The molecule has 0 saturated carbocycles. The predicted octanol–water partition coefficient (Wildman–Crippen LogP) is 2.61. The van der Waals surface area contributed by atoms with Crippen LogP contribution >= 0.6 is 27.3 Å². The number of nitrogens with one attached hydrogen (secondary N) is 2. The largest absolute Gasteiger partial charge is 0.349 e. The summed E-state index contributed by atoms with van der Waals surface area (Å²) in [6.07, 6.45) is 1.14. The normalized spacial score (nSPS) is 21.9. The van der Waals surface area contributed by atoms with Crippen LogP contribution < -0.4 is 10.6 Å². The van der Waals surface area contributed by atoms with Crippen molar-refractivity contribution in [2.24, 2.45) is 0 Å². The second-order valence-electron chi connectivity index (χ2n) is 5.35. The van der Waals surface area contributed by atoms with Gasteiger partial charge in [-0.05, 0) is 49.2 Å². The van der Waals surface area contributed by atoms with Crippen molar-refractivity contribution in [1.82, 2.24) is 10.6 Å². The molecule has 0 spiro atoms. The van der Waals surface area contributed by atoms with Crippen molar-refractivity contribution in [2.45, 2.75) is 45.2 Å². The van der Waals surface area contributed by atoms with Crippen LogP contribution in [0, 0.1) is 6.92 Å². The van der Waals surface area contributed by atoms with Gasteiger partial charge in [0, 0.05) is 15.8 Å². The maximum Gasteiger partial charge on any atom is 0.261 e. The summed E-state index contributed by atoms with van der Waals surface area (Å²) in [5, 5.41) is 5.94. The number of piperidine rings is 1. The maximum atomic E-state index is 12.2. The van der Waals surface area contributed by atoms with E-state index >= 15 is 0 Å². The molecule has 2 heterocycles. The molecule has 1 unspecified atom stereocenters. The number of aryl methyl sites for hydroxylation is 1. The van der Waals surface area contributed by atoms with Crippen molar-refractivity contribution >= 4 is 39.1 Å². The van der Waals surface area contributed by atoms with Crippen LogP contribution in [0.5, 0.6) is 0 Å². The monoisotopic (exact) mass is 344 g/mol. The molecule has 0 aliphatic carbocycles. The summed E-state index contributed by atoms with van der Waals surface area (Å²) < 4.78 is 0.957. The van der Waals surface area contributed by atoms with Crippen molar-refractivity contribution in [1.29, 1.82) is 0 Å². The molecule has 1 aliphatic heterocycles. The van der Waals surface area contributed by atoms with Gasteiger partial charge in [0.2, 0.25) is 5.91 Å². The van der Waals surface area contributed by atoms with Gasteiger partial charge in [-0.3, -0.25) is 9.59 Å². The summed E-state index contributed by atoms with van der Waals surface area (Å²) in [4.78, 5) is 25.4. The molecule has 0 radical (unpaired) electrons. The number of halogens is 1. The number of carbonyl (C=O) groups is 2. The van der Waals surface area contributed by atoms with E-state index in [4.69, 9.17) is 0 Å². The van der Waals surface area contributed by atoms with Gasteiger partial charge in [-0.2, -0.15) is 0 Å². The molecule has 1 aliphatic rings. The van der Waals surface area contributed by atoms with Crippen LogP contribution in [0.2, 0.25) is 0 Å². The Morgan fingerprint density at radius 1 is 1.58 bits per heavy atom. The Morgan fingerprint density at radius 3 is 2.79 bits per heavy atom. The maximum absolute atomic E-state index is 12.2. The molecular weight excluding hydrogens is 328 g/mol. The van der Waals surface area contributed by atoms with Crippen molar-refractivity contribution in [2.75, 3.05) is 0 Å². The van der Waals surface area contributed by atoms with Crippen molar-refractivity contribution < 1.29 is 9.59 Å². The smallest absolute Gasteiger partial charge is 0.261 e. The van der Waals surface area contributed by atoms with E-state index in [1.165, 1.54) is 11.3 Å². The van der Waals surface area contributed by atoms with Gasteiger partial charge in [0.1, 0.15) is 0 Å². The molecule has 4 nitrogen and oxygen atoms in total.